The monoisotopic (exact) mass is 250 g/mol. The first kappa shape index (κ1) is 11.7. The van der Waals surface area contributed by atoms with Gasteiger partial charge in [0.15, 0.2) is 0 Å². The Morgan fingerprint density at radius 2 is 1.00 bits per heavy atom. The van der Waals surface area contributed by atoms with Gasteiger partial charge in [-0.1, -0.05) is 25.7 Å². The highest BCUT2D eigenvalue weighted by Crippen LogP contribution is 2.53. The maximum Gasteiger partial charge on any atom is 0.0924 e. The maximum atomic E-state index is 6.62. The Morgan fingerprint density at radius 3 is 1.56 bits per heavy atom. The molecule has 1 unspecified atom stereocenters. The summed E-state index contributed by atoms with van der Waals surface area (Å²) >= 11 is 0. The molecule has 2 aliphatic heterocycles. The number of hydrogen-bond acceptors (Lipinski definition) is 2. The van der Waals surface area contributed by atoms with E-state index in [9.17, 15) is 0 Å². The molecule has 2 aliphatic carbocycles. The van der Waals surface area contributed by atoms with E-state index in [1.165, 1.54) is 77.0 Å². The second-order valence-electron chi connectivity index (χ2n) is 7.35. The molecule has 0 N–H and O–H groups in total. The predicted octanol–water partition coefficient (Wildman–Crippen LogP) is 3.97. The van der Waals surface area contributed by atoms with Crippen molar-refractivity contribution in [2.45, 2.75) is 93.9 Å². The standard InChI is InChI=1S/C16H26O2/c1-2-6-14(5-1)9-11-16(13-17-14)12-10-15(18-16)7-3-4-8-15/h1-13H2. The van der Waals surface area contributed by atoms with Crippen molar-refractivity contribution in [2.24, 2.45) is 0 Å². The van der Waals surface area contributed by atoms with E-state index in [0.29, 0.717) is 0 Å². The molecule has 3 spiro atoms. The van der Waals surface area contributed by atoms with E-state index in [4.69, 9.17) is 9.47 Å². The highest BCUT2D eigenvalue weighted by Gasteiger charge is 2.54. The molecular formula is C16H26O2. The Morgan fingerprint density at radius 1 is 0.500 bits per heavy atom. The molecule has 0 bridgehead atoms. The highest BCUT2D eigenvalue weighted by molar-refractivity contribution is 5.04. The zero-order valence-electron chi connectivity index (χ0n) is 11.5. The first-order valence-corrected chi connectivity index (χ1v) is 8.08. The van der Waals surface area contributed by atoms with Crippen molar-refractivity contribution in [3.05, 3.63) is 0 Å². The number of rotatable bonds is 0. The van der Waals surface area contributed by atoms with Gasteiger partial charge in [-0.15, -0.1) is 0 Å². The molecule has 2 heterocycles. The second-order valence-corrected chi connectivity index (χ2v) is 7.35. The lowest BCUT2D eigenvalue weighted by Crippen LogP contribution is -2.48. The maximum absolute atomic E-state index is 6.62. The van der Waals surface area contributed by atoms with Crippen LogP contribution in [0, 0.1) is 0 Å². The number of hydrogen-bond donors (Lipinski definition) is 0. The quantitative estimate of drug-likeness (QED) is 0.647. The summed E-state index contributed by atoms with van der Waals surface area (Å²) in [5.41, 5.74) is 0.641. The summed E-state index contributed by atoms with van der Waals surface area (Å²) < 4.78 is 13.0. The third-order valence-corrected chi connectivity index (χ3v) is 6.18. The molecule has 0 aromatic carbocycles. The Bertz CT molecular complexity index is 314. The van der Waals surface area contributed by atoms with Gasteiger partial charge < -0.3 is 9.47 Å². The van der Waals surface area contributed by atoms with Gasteiger partial charge in [-0.25, -0.2) is 0 Å². The molecule has 4 aliphatic rings. The molecule has 2 nitrogen and oxygen atoms in total. The summed E-state index contributed by atoms with van der Waals surface area (Å²) in [6.45, 7) is 0.884. The minimum Gasteiger partial charge on any atom is -0.372 e. The van der Waals surface area contributed by atoms with Crippen LogP contribution in [0.1, 0.15) is 77.0 Å². The summed E-state index contributed by atoms with van der Waals surface area (Å²) in [5, 5.41) is 0. The smallest absolute Gasteiger partial charge is 0.0924 e. The van der Waals surface area contributed by atoms with Crippen LogP contribution in [-0.2, 0) is 9.47 Å². The van der Waals surface area contributed by atoms with E-state index < -0.39 is 0 Å². The molecule has 0 aromatic rings. The largest absolute Gasteiger partial charge is 0.372 e. The topological polar surface area (TPSA) is 18.5 Å². The molecule has 2 heteroatoms. The van der Waals surface area contributed by atoms with Crippen molar-refractivity contribution in [1.82, 2.24) is 0 Å². The van der Waals surface area contributed by atoms with Crippen molar-refractivity contribution in [3.63, 3.8) is 0 Å². The van der Waals surface area contributed by atoms with Gasteiger partial charge in [-0.05, 0) is 51.4 Å². The van der Waals surface area contributed by atoms with Crippen molar-refractivity contribution in [3.8, 4) is 0 Å². The normalized spacial score (nSPS) is 41.3. The Labute approximate surface area is 110 Å². The second kappa shape index (κ2) is 3.96. The fourth-order valence-electron chi connectivity index (χ4n) is 4.96. The van der Waals surface area contributed by atoms with E-state index in [1.807, 2.05) is 0 Å². The Hall–Kier alpha value is -0.0800. The van der Waals surface area contributed by atoms with Gasteiger partial charge >= 0.3 is 0 Å². The lowest BCUT2D eigenvalue weighted by Gasteiger charge is -2.44. The van der Waals surface area contributed by atoms with Gasteiger partial charge in [-0.3, -0.25) is 0 Å². The summed E-state index contributed by atoms with van der Waals surface area (Å²) in [6.07, 6.45) is 15.8. The van der Waals surface area contributed by atoms with E-state index in [1.54, 1.807) is 0 Å². The SMILES string of the molecule is C1CCC2(C1)CCC1(CCC3(CCCC3)O1)CO2. The van der Waals surface area contributed by atoms with Crippen LogP contribution in [0.25, 0.3) is 0 Å². The molecular weight excluding hydrogens is 224 g/mol. The van der Waals surface area contributed by atoms with E-state index in [-0.39, 0.29) is 16.8 Å². The highest BCUT2D eigenvalue weighted by atomic mass is 16.6. The third-order valence-electron chi connectivity index (χ3n) is 6.18. The van der Waals surface area contributed by atoms with Gasteiger partial charge in [0.1, 0.15) is 0 Å². The zero-order valence-corrected chi connectivity index (χ0v) is 11.5. The van der Waals surface area contributed by atoms with Crippen molar-refractivity contribution in [1.29, 1.82) is 0 Å². The summed E-state index contributed by atoms with van der Waals surface area (Å²) in [5.74, 6) is 0. The fourth-order valence-corrected chi connectivity index (χ4v) is 4.96. The molecule has 2 saturated carbocycles. The first-order valence-electron chi connectivity index (χ1n) is 8.08. The van der Waals surface area contributed by atoms with Crippen LogP contribution in [0.3, 0.4) is 0 Å². The van der Waals surface area contributed by atoms with Crippen LogP contribution in [0.15, 0.2) is 0 Å². The van der Waals surface area contributed by atoms with Gasteiger partial charge in [0.25, 0.3) is 0 Å². The molecule has 4 fully saturated rings. The predicted molar refractivity (Wildman–Crippen MR) is 70.6 cm³/mol. The van der Waals surface area contributed by atoms with E-state index in [0.717, 1.165) is 6.61 Å². The van der Waals surface area contributed by atoms with E-state index in [2.05, 4.69) is 0 Å². The van der Waals surface area contributed by atoms with Crippen LogP contribution < -0.4 is 0 Å². The van der Waals surface area contributed by atoms with Crippen molar-refractivity contribution < 1.29 is 9.47 Å². The van der Waals surface area contributed by atoms with E-state index >= 15 is 0 Å². The summed E-state index contributed by atoms with van der Waals surface area (Å²) in [4.78, 5) is 0. The van der Waals surface area contributed by atoms with Crippen LogP contribution in [0.5, 0.6) is 0 Å². The average molecular weight is 250 g/mol. The van der Waals surface area contributed by atoms with Crippen LogP contribution >= 0.6 is 0 Å². The van der Waals surface area contributed by atoms with Crippen LogP contribution in [0.4, 0.5) is 0 Å². The average Bonchev–Trinajstić information content (AvgIpc) is 3.09. The first-order chi connectivity index (χ1) is 8.74. The summed E-state index contributed by atoms with van der Waals surface area (Å²) in [7, 11) is 0. The molecule has 102 valence electrons. The fraction of sp³-hybridized carbons (Fsp3) is 1.00. The molecule has 2 saturated heterocycles. The van der Waals surface area contributed by atoms with Crippen molar-refractivity contribution in [2.75, 3.05) is 6.61 Å². The van der Waals surface area contributed by atoms with Gasteiger partial charge in [0, 0.05) is 0 Å². The Kier molecular flexibility index (Phi) is 2.58. The lowest BCUT2D eigenvalue weighted by atomic mass is 9.83. The van der Waals surface area contributed by atoms with Gasteiger partial charge in [0.05, 0.1) is 23.4 Å². The van der Waals surface area contributed by atoms with Crippen LogP contribution in [0.2, 0.25) is 0 Å². The molecule has 4 rings (SSSR count). The van der Waals surface area contributed by atoms with Gasteiger partial charge in [0.2, 0.25) is 0 Å². The third kappa shape index (κ3) is 1.76. The van der Waals surface area contributed by atoms with Crippen LogP contribution in [-0.4, -0.2) is 23.4 Å². The molecule has 0 aromatic heterocycles. The minimum absolute atomic E-state index is 0.109. The molecule has 1 atom stereocenters. The van der Waals surface area contributed by atoms with Gasteiger partial charge in [-0.2, -0.15) is 0 Å². The summed E-state index contributed by atoms with van der Waals surface area (Å²) in [6, 6.07) is 0. The number of ether oxygens (including phenoxy) is 2. The molecule has 0 amide bonds. The molecule has 0 radical (unpaired) electrons. The Balaban J connectivity index is 1.44. The molecule has 18 heavy (non-hydrogen) atoms. The lowest BCUT2D eigenvalue weighted by molar-refractivity contribution is -0.201. The van der Waals surface area contributed by atoms with Crippen molar-refractivity contribution >= 4 is 0 Å². The zero-order chi connectivity index (χ0) is 12.1. The minimum atomic E-state index is 0.109.